The number of rotatable bonds is 9. The number of aromatic nitrogens is 2. The van der Waals surface area contributed by atoms with Gasteiger partial charge in [-0.15, -0.1) is 0 Å². The van der Waals surface area contributed by atoms with Gasteiger partial charge in [0.25, 0.3) is 5.91 Å². The van der Waals surface area contributed by atoms with E-state index in [1.165, 1.54) is 23.5 Å². The SMILES string of the molecule is CC(C)C[C@H](NC(=O)C(Cc1ccccc1)NC(=O)c1cnccn1)B1OC(=O)CN(C)CC(=O)O1. The Balaban J connectivity index is 1.81. The first-order valence-electron chi connectivity index (χ1n) is 11.7. The Labute approximate surface area is 210 Å². The van der Waals surface area contributed by atoms with Crippen molar-refractivity contribution in [2.45, 2.75) is 38.7 Å². The fourth-order valence-corrected chi connectivity index (χ4v) is 3.76. The minimum absolute atomic E-state index is 0.0640. The van der Waals surface area contributed by atoms with Crippen LogP contribution in [0.25, 0.3) is 0 Å². The van der Waals surface area contributed by atoms with Gasteiger partial charge in [0, 0.05) is 18.8 Å². The largest absolute Gasteiger partial charge is 0.622 e. The van der Waals surface area contributed by atoms with Crippen molar-refractivity contribution in [2.24, 2.45) is 5.92 Å². The maximum absolute atomic E-state index is 13.5. The predicted molar refractivity (Wildman–Crippen MR) is 130 cm³/mol. The zero-order valence-corrected chi connectivity index (χ0v) is 20.5. The van der Waals surface area contributed by atoms with Crippen LogP contribution in [0.5, 0.6) is 0 Å². The van der Waals surface area contributed by atoms with Crippen molar-refractivity contribution in [1.82, 2.24) is 25.5 Å². The van der Waals surface area contributed by atoms with Crippen LogP contribution in [0.1, 0.15) is 36.3 Å². The van der Waals surface area contributed by atoms with Crippen LogP contribution in [0, 0.1) is 5.92 Å². The van der Waals surface area contributed by atoms with Gasteiger partial charge < -0.3 is 19.9 Å². The van der Waals surface area contributed by atoms with E-state index in [0.717, 1.165) is 5.56 Å². The minimum Gasteiger partial charge on any atom is -0.497 e. The van der Waals surface area contributed by atoms with E-state index in [9.17, 15) is 19.2 Å². The molecule has 1 aromatic carbocycles. The summed E-state index contributed by atoms with van der Waals surface area (Å²) in [6, 6.07) is 8.22. The molecule has 2 N–H and O–H groups in total. The third-order valence-electron chi connectivity index (χ3n) is 5.38. The van der Waals surface area contributed by atoms with E-state index < -0.39 is 42.9 Å². The summed E-state index contributed by atoms with van der Waals surface area (Å²) < 4.78 is 10.8. The normalized spacial score (nSPS) is 16.3. The number of nitrogens with zero attached hydrogens (tertiary/aromatic N) is 3. The third-order valence-corrected chi connectivity index (χ3v) is 5.38. The lowest BCUT2D eigenvalue weighted by atomic mass is 9.73. The number of benzene rings is 1. The molecule has 1 aliphatic heterocycles. The van der Waals surface area contributed by atoms with E-state index in [1.807, 2.05) is 44.2 Å². The van der Waals surface area contributed by atoms with Crippen molar-refractivity contribution in [1.29, 1.82) is 0 Å². The molecule has 3 rings (SSSR count). The van der Waals surface area contributed by atoms with Crippen molar-refractivity contribution < 1.29 is 28.5 Å². The fraction of sp³-hybridized carbons (Fsp3) is 0.417. The summed E-state index contributed by atoms with van der Waals surface area (Å²) in [7, 11) is 0.308. The first-order chi connectivity index (χ1) is 17.2. The lowest BCUT2D eigenvalue weighted by molar-refractivity contribution is -0.146. The van der Waals surface area contributed by atoms with Crippen LogP contribution in [-0.4, -0.2) is 77.9 Å². The standard InChI is InChI=1S/C24H30BN5O6/c1-16(2)11-20(25-35-21(31)14-30(3)15-22(32)36-25)29-23(33)18(12-17-7-5-4-6-8-17)28-24(34)19-13-26-9-10-27-19/h4-10,13,16,18,20H,11-12,14-15H2,1-3H3,(H,28,34)(H,29,33)/t18?,20-/m0/s1. The Bertz CT molecular complexity index is 1040. The number of hydrogen-bond donors (Lipinski definition) is 2. The van der Waals surface area contributed by atoms with Gasteiger partial charge in [-0.3, -0.25) is 29.1 Å². The second-order valence-electron chi connectivity index (χ2n) is 9.07. The van der Waals surface area contributed by atoms with E-state index in [-0.39, 0.29) is 31.1 Å². The Hall–Kier alpha value is -3.80. The molecule has 12 heteroatoms. The summed E-state index contributed by atoms with van der Waals surface area (Å²) in [5, 5.41) is 5.55. The summed E-state index contributed by atoms with van der Waals surface area (Å²) in [5.74, 6) is -2.98. The molecule has 0 saturated carbocycles. The molecule has 0 spiro atoms. The highest BCUT2D eigenvalue weighted by atomic mass is 16.6. The molecular weight excluding hydrogens is 465 g/mol. The molecule has 0 aliphatic carbocycles. The molecule has 11 nitrogen and oxygen atoms in total. The van der Waals surface area contributed by atoms with Gasteiger partial charge >= 0.3 is 19.1 Å². The van der Waals surface area contributed by atoms with Gasteiger partial charge in [0.1, 0.15) is 11.7 Å². The number of hydrogen-bond acceptors (Lipinski definition) is 9. The molecule has 0 bridgehead atoms. The molecule has 1 unspecified atom stereocenters. The first-order valence-corrected chi connectivity index (χ1v) is 11.7. The van der Waals surface area contributed by atoms with Crippen LogP contribution in [0.3, 0.4) is 0 Å². The molecule has 1 saturated heterocycles. The topological polar surface area (TPSA) is 140 Å². The second-order valence-corrected chi connectivity index (χ2v) is 9.07. The van der Waals surface area contributed by atoms with Crippen LogP contribution < -0.4 is 10.6 Å². The van der Waals surface area contributed by atoms with Gasteiger partial charge in [0.05, 0.1) is 25.2 Å². The lowest BCUT2D eigenvalue weighted by Gasteiger charge is -2.29. The summed E-state index contributed by atoms with van der Waals surface area (Å²) in [5.41, 5.74) is 0.887. The Morgan fingerprint density at radius 2 is 1.72 bits per heavy atom. The molecular formula is C24H30BN5O6. The molecule has 2 atom stereocenters. The zero-order valence-electron chi connectivity index (χ0n) is 20.5. The molecule has 36 heavy (non-hydrogen) atoms. The summed E-state index contributed by atoms with van der Waals surface area (Å²) in [6.45, 7) is 3.69. The smallest absolute Gasteiger partial charge is 0.497 e. The molecule has 1 fully saturated rings. The van der Waals surface area contributed by atoms with Crippen LogP contribution >= 0.6 is 0 Å². The van der Waals surface area contributed by atoms with Gasteiger partial charge in [0.15, 0.2) is 0 Å². The molecule has 2 amide bonds. The van der Waals surface area contributed by atoms with Crippen molar-refractivity contribution in [3.63, 3.8) is 0 Å². The summed E-state index contributed by atoms with van der Waals surface area (Å²) in [4.78, 5) is 60.2. The summed E-state index contributed by atoms with van der Waals surface area (Å²) in [6.07, 6.45) is 4.69. The Morgan fingerprint density at radius 1 is 1.06 bits per heavy atom. The minimum atomic E-state index is -1.29. The van der Waals surface area contributed by atoms with Crippen LogP contribution in [0.15, 0.2) is 48.9 Å². The van der Waals surface area contributed by atoms with E-state index in [1.54, 1.807) is 7.05 Å². The van der Waals surface area contributed by atoms with E-state index in [2.05, 4.69) is 20.6 Å². The van der Waals surface area contributed by atoms with Crippen LogP contribution in [0.4, 0.5) is 0 Å². The Morgan fingerprint density at radius 3 is 2.31 bits per heavy atom. The summed E-state index contributed by atoms with van der Waals surface area (Å²) >= 11 is 0. The van der Waals surface area contributed by atoms with E-state index in [0.29, 0.717) is 6.42 Å². The molecule has 2 aromatic rings. The highest BCUT2D eigenvalue weighted by Gasteiger charge is 2.41. The van der Waals surface area contributed by atoms with Gasteiger partial charge in [-0.05, 0) is 24.9 Å². The number of carbonyl (C=O) groups is 4. The highest BCUT2D eigenvalue weighted by molar-refractivity contribution is 6.51. The number of amides is 2. The maximum Gasteiger partial charge on any atom is 0.622 e. The number of carbonyl (C=O) groups excluding carboxylic acids is 4. The molecule has 1 aliphatic rings. The van der Waals surface area contributed by atoms with Gasteiger partial charge in [-0.25, -0.2) is 4.98 Å². The van der Waals surface area contributed by atoms with Crippen LogP contribution in [0.2, 0.25) is 0 Å². The maximum atomic E-state index is 13.5. The van der Waals surface area contributed by atoms with E-state index in [4.69, 9.17) is 9.31 Å². The van der Waals surface area contributed by atoms with Gasteiger partial charge in [-0.2, -0.15) is 0 Å². The molecule has 0 radical (unpaired) electrons. The van der Waals surface area contributed by atoms with Crippen molar-refractivity contribution in [3.05, 3.63) is 60.2 Å². The predicted octanol–water partition coefficient (Wildman–Crippen LogP) is 0.408. The van der Waals surface area contributed by atoms with Gasteiger partial charge in [0.2, 0.25) is 5.91 Å². The van der Waals surface area contributed by atoms with Crippen molar-refractivity contribution in [2.75, 3.05) is 20.1 Å². The number of nitrogens with one attached hydrogen (secondary N) is 2. The van der Waals surface area contributed by atoms with Gasteiger partial charge in [-0.1, -0.05) is 44.2 Å². The molecule has 1 aromatic heterocycles. The highest BCUT2D eigenvalue weighted by Crippen LogP contribution is 2.13. The fourth-order valence-electron chi connectivity index (χ4n) is 3.76. The lowest BCUT2D eigenvalue weighted by Crippen LogP contribution is -2.58. The third kappa shape index (κ3) is 8.16. The zero-order chi connectivity index (χ0) is 26.1. The first kappa shape index (κ1) is 26.8. The molecule has 2 heterocycles. The Kier molecular flexibility index (Phi) is 9.51. The second kappa shape index (κ2) is 12.8. The van der Waals surface area contributed by atoms with Crippen molar-refractivity contribution >= 4 is 30.9 Å². The van der Waals surface area contributed by atoms with E-state index >= 15 is 0 Å². The average molecular weight is 495 g/mol. The quantitative estimate of drug-likeness (QED) is 0.474. The van der Waals surface area contributed by atoms with Crippen molar-refractivity contribution in [3.8, 4) is 0 Å². The average Bonchev–Trinajstić information content (AvgIpc) is 2.82. The molecule has 190 valence electrons. The monoisotopic (exact) mass is 495 g/mol. The van der Waals surface area contributed by atoms with Crippen LogP contribution in [-0.2, 0) is 30.1 Å². The number of likely N-dealkylation sites (N-methyl/N-ethyl adjacent to an activating group) is 1.